The number of aliphatic hydroxyl groups is 3. The normalized spacial score (nSPS) is 17.7. The van der Waals surface area contributed by atoms with Crippen molar-refractivity contribution < 1.29 is 40.2 Å². The summed E-state index contributed by atoms with van der Waals surface area (Å²) in [5, 5.41) is 58.4. The maximum atomic E-state index is 12.3. The Morgan fingerprint density at radius 3 is 1.62 bits per heavy atom. The van der Waals surface area contributed by atoms with Gasteiger partial charge in [0.2, 0.25) is 5.78 Å². The molecule has 122 valence electrons. The molecule has 0 amide bonds. The summed E-state index contributed by atoms with van der Waals surface area (Å²) in [6.45, 7) is 0. The summed E-state index contributed by atoms with van der Waals surface area (Å²) in [5.74, 6) is -5.42. The molecule has 6 N–H and O–H groups in total. The first-order chi connectivity index (χ1) is 11.2. The van der Waals surface area contributed by atoms with E-state index in [1.54, 1.807) is 0 Å². The smallest absolute Gasteiger partial charge is 0.202 e. The van der Waals surface area contributed by atoms with E-state index in [4.69, 9.17) is 0 Å². The van der Waals surface area contributed by atoms with E-state index in [1.807, 2.05) is 0 Å². The second-order valence-electron chi connectivity index (χ2n) is 5.12. The van der Waals surface area contributed by atoms with Gasteiger partial charge in [-0.2, -0.15) is 0 Å². The molecule has 8 heteroatoms. The van der Waals surface area contributed by atoms with Crippen molar-refractivity contribution >= 4 is 17.1 Å². The monoisotopic (exact) mass is 330 g/mol. The number of hydrogen-bond donors (Lipinski definition) is 6. The summed E-state index contributed by atoms with van der Waals surface area (Å²) in [7, 11) is 0. The Morgan fingerprint density at radius 2 is 1.17 bits per heavy atom. The van der Waals surface area contributed by atoms with Gasteiger partial charge in [-0.05, 0) is 0 Å². The molecule has 0 atom stereocenters. The summed E-state index contributed by atoms with van der Waals surface area (Å²) >= 11 is 0. The number of aromatic hydroxyl groups is 3. The molecule has 0 radical (unpaired) electrons. The van der Waals surface area contributed by atoms with Gasteiger partial charge in [0.25, 0.3) is 0 Å². The minimum Gasteiger partial charge on any atom is -0.508 e. The zero-order valence-electron chi connectivity index (χ0n) is 11.8. The number of rotatable bonds is 1. The lowest BCUT2D eigenvalue weighted by atomic mass is 9.78. The van der Waals surface area contributed by atoms with E-state index in [2.05, 4.69) is 0 Å². The van der Waals surface area contributed by atoms with Gasteiger partial charge in [0.1, 0.15) is 34.5 Å². The highest BCUT2D eigenvalue weighted by atomic mass is 16.3. The molecule has 0 spiro atoms. The number of phenolic OH excluding ortho intramolecular Hbond substituents is 3. The van der Waals surface area contributed by atoms with Crippen molar-refractivity contribution in [2.75, 3.05) is 0 Å². The number of benzene rings is 1. The second kappa shape index (κ2) is 4.92. The molecule has 0 bridgehead atoms. The molecule has 2 aliphatic rings. The fourth-order valence-corrected chi connectivity index (χ4v) is 2.56. The van der Waals surface area contributed by atoms with E-state index in [9.17, 15) is 40.2 Å². The number of hydrogen-bond acceptors (Lipinski definition) is 8. The van der Waals surface area contributed by atoms with Crippen LogP contribution in [0.4, 0.5) is 0 Å². The second-order valence-corrected chi connectivity index (χ2v) is 5.12. The number of Topliss-reactive ketones (excluding diaryl/α,β-unsaturated/α-hetero) is 1. The van der Waals surface area contributed by atoms with Gasteiger partial charge in [-0.1, -0.05) is 0 Å². The average molecular weight is 330 g/mol. The minimum atomic E-state index is -0.881. The maximum Gasteiger partial charge on any atom is 0.202 e. The average Bonchev–Trinajstić information content (AvgIpc) is 2.46. The third-order valence-corrected chi connectivity index (χ3v) is 3.58. The lowest BCUT2D eigenvalue weighted by Crippen LogP contribution is -2.25. The number of carbonyl (C=O) groups excluding carboxylic acids is 2. The Bertz CT molecular complexity index is 896. The number of ketones is 2. The molecule has 0 saturated carbocycles. The molecular weight excluding hydrogens is 320 g/mol. The third-order valence-electron chi connectivity index (χ3n) is 3.58. The van der Waals surface area contributed by atoms with Gasteiger partial charge in [0.15, 0.2) is 5.78 Å². The van der Waals surface area contributed by atoms with Crippen LogP contribution in [0.1, 0.15) is 5.56 Å². The van der Waals surface area contributed by atoms with Crippen molar-refractivity contribution in [1.29, 1.82) is 0 Å². The zero-order chi connectivity index (χ0) is 17.8. The van der Waals surface area contributed by atoms with E-state index in [0.717, 1.165) is 24.3 Å². The van der Waals surface area contributed by atoms with E-state index < -0.39 is 68.4 Å². The van der Waals surface area contributed by atoms with Gasteiger partial charge < -0.3 is 30.6 Å². The Balaban J connectivity index is 2.22. The fourth-order valence-electron chi connectivity index (χ4n) is 2.56. The van der Waals surface area contributed by atoms with Crippen LogP contribution in [0, 0.1) is 0 Å². The van der Waals surface area contributed by atoms with Crippen LogP contribution in [0.2, 0.25) is 0 Å². The van der Waals surface area contributed by atoms with Crippen LogP contribution in [-0.2, 0) is 9.59 Å². The van der Waals surface area contributed by atoms with E-state index >= 15 is 0 Å². The van der Waals surface area contributed by atoms with E-state index in [-0.39, 0.29) is 0 Å². The summed E-state index contributed by atoms with van der Waals surface area (Å²) in [4.78, 5) is 23.5. The van der Waals surface area contributed by atoms with E-state index in [1.165, 1.54) is 0 Å². The molecule has 2 aliphatic carbocycles. The van der Waals surface area contributed by atoms with E-state index in [0.29, 0.717) is 0 Å². The highest BCUT2D eigenvalue weighted by Gasteiger charge is 2.42. The predicted octanol–water partition coefficient (Wildman–Crippen LogP) is 1.42. The Hall–Kier alpha value is -3.68. The molecule has 0 aliphatic heterocycles. The first kappa shape index (κ1) is 15.2. The van der Waals surface area contributed by atoms with Gasteiger partial charge in [-0.15, -0.1) is 0 Å². The van der Waals surface area contributed by atoms with Crippen LogP contribution in [0.15, 0.2) is 52.7 Å². The number of carbonyl (C=O) groups is 2. The highest BCUT2D eigenvalue weighted by Crippen LogP contribution is 2.47. The molecule has 0 saturated heterocycles. The molecule has 1 aromatic carbocycles. The summed E-state index contributed by atoms with van der Waals surface area (Å²) in [5.41, 5.74) is -1.76. The van der Waals surface area contributed by atoms with Gasteiger partial charge in [-0.25, -0.2) is 0 Å². The molecule has 1 aromatic rings. The minimum absolute atomic E-state index is 0.404. The first-order valence-corrected chi connectivity index (χ1v) is 6.56. The standard InChI is InChI=1S/C16H10O8/c17-5-1-7(19)11(8(20)2-5)13-15(23)14(16(13)24)12-9(21)3-6(18)4-10(12)22/h1-4,17,19-23H. The zero-order valence-corrected chi connectivity index (χ0v) is 11.8. The predicted molar refractivity (Wildman–Crippen MR) is 79.4 cm³/mol. The molecule has 8 nitrogen and oxygen atoms in total. The summed E-state index contributed by atoms with van der Waals surface area (Å²) in [6.07, 6.45) is 1.52. The van der Waals surface area contributed by atoms with Gasteiger partial charge in [-0.3, -0.25) is 9.59 Å². The molecule has 0 heterocycles. The van der Waals surface area contributed by atoms with Gasteiger partial charge in [0, 0.05) is 24.3 Å². The Morgan fingerprint density at radius 1 is 0.667 bits per heavy atom. The quantitative estimate of drug-likeness (QED) is 0.422. The van der Waals surface area contributed by atoms with Crippen molar-refractivity contribution in [2.24, 2.45) is 0 Å². The third kappa shape index (κ3) is 2.01. The molecule has 0 aromatic heterocycles. The molecular formula is C16H10O8. The molecule has 0 fully saturated rings. The molecule has 24 heavy (non-hydrogen) atoms. The Labute approximate surface area is 133 Å². The maximum absolute atomic E-state index is 12.3. The molecule has 0 unspecified atom stereocenters. The number of aliphatic hydroxyl groups excluding tert-OH is 3. The lowest BCUT2D eigenvalue weighted by molar-refractivity contribution is -0.112. The number of allylic oxidation sites excluding steroid dienone is 4. The van der Waals surface area contributed by atoms with Crippen molar-refractivity contribution in [3.8, 4) is 17.2 Å². The van der Waals surface area contributed by atoms with Crippen molar-refractivity contribution in [2.45, 2.75) is 0 Å². The topological polar surface area (TPSA) is 156 Å². The molecule has 3 rings (SSSR count). The first-order valence-electron chi connectivity index (χ1n) is 6.56. The van der Waals surface area contributed by atoms with Crippen LogP contribution in [0.25, 0.3) is 5.57 Å². The highest BCUT2D eigenvalue weighted by molar-refractivity contribution is 6.40. The van der Waals surface area contributed by atoms with Crippen molar-refractivity contribution in [3.05, 3.63) is 58.3 Å². The fraction of sp³-hybridized carbons (Fsp3) is 0. The summed E-state index contributed by atoms with van der Waals surface area (Å²) < 4.78 is 0. The largest absolute Gasteiger partial charge is 0.508 e. The van der Waals surface area contributed by atoms with Crippen molar-refractivity contribution in [1.82, 2.24) is 0 Å². The van der Waals surface area contributed by atoms with Crippen LogP contribution in [0.3, 0.4) is 0 Å². The van der Waals surface area contributed by atoms with Crippen LogP contribution in [0.5, 0.6) is 17.2 Å². The SMILES string of the molecule is O=C1C=C(O)C(=C2C(=O)C(c3c(O)cc(O)cc3O)=C2O)C(O)=C1. The van der Waals surface area contributed by atoms with Crippen molar-refractivity contribution in [3.63, 3.8) is 0 Å². The lowest BCUT2D eigenvalue weighted by Gasteiger charge is -2.25. The number of phenols is 3. The van der Waals surface area contributed by atoms with Gasteiger partial charge in [0.05, 0.1) is 22.3 Å². The summed E-state index contributed by atoms with van der Waals surface area (Å²) in [6, 6.07) is 1.73. The van der Waals surface area contributed by atoms with Crippen LogP contribution < -0.4 is 0 Å². The Kier molecular flexibility index (Phi) is 3.12. The van der Waals surface area contributed by atoms with Crippen LogP contribution in [-0.4, -0.2) is 42.2 Å². The van der Waals surface area contributed by atoms with Crippen LogP contribution >= 0.6 is 0 Å². The van der Waals surface area contributed by atoms with Gasteiger partial charge >= 0.3 is 0 Å².